The summed E-state index contributed by atoms with van der Waals surface area (Å²) in [6, 6.07) is 9.83. The van der Waals surface area contributed by atoms with E-state index in [2.05, 4.69) is 68.1 Å². The Morgan fingerprint density at radius 3 is 2.47 bits per heavy atom. The minimum Gasteiger partial charge on any atom is -0.508 e. The normalized spacial score (nSPS) is 25.8. The number of nitrogens with one attached hydrogen (secondary N) is 1. The number of aromatic hydroxyl groups is 1. The van der Waals surface area contributed by atoms with E-state index in [0.29, 0.717) is 82.9 Å². The second-order valence-electron chi connectivity index (χ2n) is 19.2. The van der Waals surface area contributed by atoms with Crippen molar-refractivity contribution in [1.82, 2.24) is 20.2 Å². The predicted octanol–water partition coefficient (Wildman–Crippen LogP) is 9.45. The van der Waals surface area contributed by atoms with E-state index in [4.69, 9.17) is 19.4 Å². The topological polar surface area (TPSA) is 83.0 Å². The summed E-state index contributed by atoms with van der Waals surface area (Å²) in [4.78, 5) is 14.2. The van der Waals surface area contributed by atoms with Gasteiger partial charge in [-0.2, -0.15) is 9.97 Å². The molecule has 4 saturated heterocycles. The Hall–Kier alpha value is -3.89. The molecule has 5 fully saturated rings. The summed E-state index contributed by atoms with van der Waals surface area (Å²) >= 11 is 0. The fourth-order valence-corrected chi connectivity index (χ4v) is 16.7. The number of rotatable bonds is 11. The van der Waals surface area contributed by atoms with Crippen LogP contribution in [0.15, 0.2) is 36.4 Å². The first-order valence-corrected chi connectivity index (χ1v) is 24.1. The van der Waals surface area contributed by atoms with Crippen molar-refractivity contribution in [2.75, 3.05) is 44.3 Å². The van der Waals surface area contributed by atoms with Gasteiger partial charge in [-0.05, 0) is 96.9 Å². The molecule has 12 heteroatoms. The van der Waals surface area contributed by atoms with Crippen molar-refractivity contribution in [3.05, 3.63) is 53.6 Å². The Morgan fingerprint density at radius 1 is 0.949 bits per heavy atom. The molecule has 5 aliphatic rings. The van der Waals surface area contributed by atoms with Crippen molar-refractivity contribution >= 4 is 35.6 Å². The van der Waals surface area contributed by atoms with Gasteiger partial charge in [-0.1, -0.05) is 59.6 Å². The number of hydrogen-bond acceptors (Lipinski definition) is 8. The number of phenolic OH excluding ortho intramolecular Hbond substituents is 1. The summed E-state index contributed by atoms with van der Waals surface area (Å²) in [6.45, 7) is 16.6. The number of ether oxygens (including phenoxy) is 2. The maximum atomic E-state index is 17.7. The maximum Gasteiger partial charge on any atom is 0.319 e. The van der Waals surface area contributed by atoms with Crippen molar-refractivity contribution in [2.45, 2.75) is 133 Å². The van der Waals surface area contributed by atoms with Gasteiger partial charge in [-0.3, -0.25) is 4.90 Å². The van der Waals surface area contributed by atoms with Crippen LogP contribution >= 0.6 is 0 Å². The number of fused-ring (bicyclic) bond motifs is 5. The fourth-order valence-electron chi connectivity index (χ4n) is 11.5. The molecule has 0 unspecified atom stereocenters. The molecule has 314 valence electrons. The largest absolute Gasteiger partial charge is 0.508 e. The number of phenols is 1. The fraction of sp³-hybridized carbons (Fsp3) is 0.574. The second kappa shape index (κ2) is 15.2. The van der Waals surface area contributed by atoms with Gasteiger partial charge >= 0.3 is 6.01 Å². The van der Waals surface area contributed by atoms with Crippen LogP contribution in [0.5, 0.6) is 11.8 Å². The molecule has 0 amide bonds. The van der Waals surface area contributed by atoms with E-state index in [0.717, 1.165) is 45.1 Å². The summed E-state index contributed by atoms with van der Waals surface area (Å²) < 4.78 is 61.3. The standard InChI is InChI=1S/C47H58F3N5O3Si/c1-28(2)59(29(3)4,30(5)6)19-15-37-40(49)13-8-31-20-34(56)21-39(41(31)37)36-11-12-38-43(42(36)50)51-45(58-27-47-16-7-18-55(47)23-32(48)22-47)52-44(38)54-24-33-14-17-46(25-54,53-33)26-57-35-9-10-35/h8,11-13,20-21,28-30,32-33,35,53,56H,7,9-10,14,16-18,22-27H2,1-6H3/t32-,33+,46-,47+/m1/s1. The van der Waals surface area contributed by atoms with Gasteiger partial charge < -0.3 is 24.8 Å². The van der Waals surface area contributed by atoms with Crippen LogP contribution < -0.4 is 15.0 Å². The molecule has 1 aromatic heterocycles. The molecule has 3 aromatic carbocycles. The number of hydrogen-bond donors (Lipinski definition) is 2. The van der Waals surface area contributed by atoms with Crippen LogP contribution in [-0.4, -0.2) is 96.8 Å². The van der Waals surface area contributed by atoms with Crippen molar-refractivity contribution in [1.29, 1.82) is 0 Å². The Balaban J connectivity index is 1.18. The highest BCUT2D eigenvalue weighted by Gasteiger charge is 2.50. The monoisotopic (exact) mass is 825 g/mol. The van der Waals surface area contributed by atoms with Crippen molar-refractivity contribution in [3.63, 3.8) is 0 Å². The number of aromatic nitrogens is 2. The smallest absolute Gasteiger partial charge is 0.319 e. The summed E-state index contributed by atoms with van der Waals surface area (Å²) in [7, 11) is -2.28. The van der Waals surface area contributed by atoms with E-state index in [1.165, 1.54) is 12.1 Å². The summed E-state index contributed by atoms with van der Waals surface area (Å²) in [5, 5.41) is 16.4. The van der Waals surface area contributed by atoms with Gasteiger partial charge in [0, 0.05) is 48.4 Å². The highest BCUT2D eigenvalue weighted by atomic mass is 28.3. The third kappa shape index (κ3) is 7.17. The molecule has 9 rings (SSSR count). The van der Waals surface area contributed by atoms with Gasteiger partial charge in [0.05, 0.1) is 29.4 Å². The number of nitrogens with zero attached hydrogens (tertiary/aromatic N) is 4. The first kappa shape index (κ1) is 40.5. The molecular formula is C47H58F3N5O3Si. The van der Waals surface area contributed by atoms with Crippen molar-refractivity contribution in [3.8, 4) is 34.4 Å². The summed E-state index contributed by atoms with van der Waals surface area (Å²) in [6.07, 6.45) is 5.72. The zero-order chi connectivity index (χ0) is 41.4. The van der Waals surface area contributed by atoms with E-state index in [-0.39, 0.29) is 46.6 Å². The third-order valence-electron chi connectivity index (χ3n) is 14.4. The lowest BCUT2D eigenvalue weighted by molar-refractivity contribution is 0.0606. The molecule has 0 radical (unpaired) electrons. The van der Waals surface area contributed by atoms with Crippen molar-refractivity contribution < 1.29 is 27.8 Å². The second-order valence-corrected chi connectivity index (χ2v) is 24.8. The molecular weight excluding hydrogens is 768 g/mol. The molecule has 2 N–H and O–H groups in total. The quantitative estimate of drug-likeness (QED) is 0.114. The average molecular weight is 826 g/mol. The Kier molecular flexibility index (Phi) is 10.5. The number of benzene rings is 3. The molecule has 1 aliphatic carbocycles. The maximum absolute atomic E-state index is 17.7. The lowest BCUT2D eigenvalue weighted by atomic mass is 9.93. The molecule has 8 nitrogen and oxygen atoms in total. The molecule has 5 heterocycles. The molecule has 59 heavy (non-hydrogen) atoms. The zero-order valence-electron chi connectivity index (χ0n) is 35.3. The predicted molar refractivity (Wildman–Crippen MR) is 231 cm³/mol. The average Bonchev–Trinajstić information content (AvgIpc) is 3.77. The van der Waals surface area contributed by atoms with E-state index >= 15 is 8.78 Å². The van der Waals surface area contributed by atoms with Gasteiger partial charge in [0.1, 0.15) is 43.8 Å². The van der Waals surface area contributed by atoms with Crippen LogP contribution in [0.4, 0.5) is 19.0 Å². The third-order valence-corrected chi connectivity index (χ3v) is 20.7. The Labute approximate surface area is 347 Å². The minimum atomic E-state index is -2.28. The molecule has 4 aromatic rings. The van der Waals surface area contributed by atoms with Crippen LogP contribution in [0.25, 0.3) is 32.8 Å². The minimum absolute atomic E-state index is 0.0389. The highest BCUT2D eigenvalue weighted by molar-refractivity contribution is 6.90. The first-order valence-electron chi connectivity index (χ1n) is 21.9. The van der Waals surface area contributed by atoms with Crippen LogP contribution in [0.1, 0.15) is 92.1 Å². The van der Waals surface area contributed by atoms with Crippen LogP contribution in [0.2, 0.25) is 16.6 Å². The number of piperazine rings is 1. The van der Waals surface area contributed by atoms with Gasteiger partial charge in [-0.15, -0.1) is 5.54 Å². The lowest BCUT2D eigenvalue weighted by Gasteiger charge is -2.42. The van der Waals surface area contributed by atoms with Crippen LogP contribution in [0.3, 0.4) is 0 Å². The zero-order valence-corrected chi connectivity index (χ0v) is 36.3. The lowest BCUT2D eigenvalue weighted by Crippen LogP contribution is -2.62. The van der Waals surface area contributed by atoms with Crippen LogP contribution in [-0.2, 0) is 4.74 Å². The Morgan fingerprint density at radius 2 is 1.73 bits per heavy atom. The summed E-state index contributed by atoms with van der Waals surface area (Å²) in [5.74, 6) is 2.71. The van der Waals surface area contributed by atoms with Gasteiger partial charge in [0.2, 0.25) is 0 Å². The molecule has 1 saturated carbocycles. The Bertz CT molecular complexity index is 2320. The summed E-state index contributed by atoms with van der Waals surface area (Å²) in [5.41, 5.74) is 4.71. The van der Waals surface area contributed by atoms with E-state index in [1.54, 1.807) is 18.2 Å². The van der Waals surface area contributed by atoms with Crippen molar-refractivity contribution in [2.24, 2.45) is 0 Å². The van der Waals surface area contributed by atoms with E-state index in [9.17, 15) is 9.50 Å². The van der Waals surface area contributed by atoms with Gasteiger partial charge in [0.15, 0.2) is 5.82 Å². The molecule has 4 atom stereocenters. The molecule has 2 bridgehead atoms. The number of alkyl halides is 1. The van der Waals surface area contributed by atoms with E-state index < -0.39 is 31.4 Å². The molecule has 4 aliphatic heterocycles. The van der Waals surface area contributed by atoms with Gasteiger partial charge in [-0.25, -0.2) is 13.2 Å². The molecule has 0 spiro atoms. The SMILES string of the molecule is CC(C)[Si](C#Cc1c(F)ccc2cc(O)cc(-c3ccc4c(N5C[C@@H]6CC[C@](COC7CC7)(C5)N6)nc(OC[C@@]56CCCN5C[C@H](F)C6)nc4c3F)c12)(C(C)C)C(C)C. The van der Waals surface area contributed by atoms with Gasteiger partial charge in [0.25, 0.3) is 0 Å². The number of anilines is 1. The number of halogens is 3. The van der Waals surface area contributed by atoms with E-state index in [1.807, 2.05) is 6.07 Å². The van der Waals surface area contributed by atoms with Crippen LogP contribution in [0, 0.1) is 23.1 Å². The highest BCUT2D eigenvalue weighted by Crippen LogP contribution is 2.45. The first-order chi connectivity index (χ1) is 28.2.